The Morgan fingerprint density at radius 2 is 1.00 bits per heavy atom. The maximum Gasteiger partial charge on any atom is 0.129 e. The molecule has 0 amide bonds. The average Bonchev–Trinajstić information content (AvgIpc) is 2.29. The third-order valence-electron chi connectivity index (χ3n) is 3.70. The van der Waals surface area contributed by atoms with Crippen molar-refractivity contribution in [2.75, 3.05) is 65.4 Å². The summed E-state index contributed by atoms with van der Waals surface area (Å²) in [6, 6.07) is 0. The number of rotatable bonds is 3. The van der Waals surface area contributed by atoms with E-state index in [0.29, 0.717) is 39.3 Å². The summed E-state index contributed by atoms with van der Waals surface area (Å²) in [7, 11) is 0. The van der Waals surface area contributed by atoms with Crippen LogP contribution in [0.2, 0.25) is 0 Å². The molecule has 6 heteroatoms. The van der Waals surface area contributed by atoms with Gasteiger partial charge in [0.15, 0.2) is 0 Å². The van der Waals surface area contributed by atoms with Gasteiger partial charge in [0.2, 0.25) is 0 Å². The van der Waals surface area contributed by atoms with Crippen LogP contribution in [0.4, 0.5) is 0 Å². The highest BCUT2D eigenvalue weighted by atomic mass is 16.6. The van der Waals surface area contributed by atoms with Crippen LogP contribution in [0.5, 0.6) is 0 Å². The fourth-order valence-corrected chi connectivity index (χ4v) is 2.42. The third-order valence-corrected chi connectivity index (χ3v) is 3.70. The largest absolute Gasteiger partial charge is 0.633 e. The second-order valence-corrected chi connectivity index (χ2v) is 4.96. The number of piperazine rings is 2. The smallest absolute Gasteiger partial charge is 0.129 e. The number of nitrogens with zero attached hydrogens (tertiary/aromatic N) is 2. The molecular weight excluding hydrogens is 208 g/mol. The Hall–Kier alpha value is -0.240. The van der Waals surface area contributed by atoms with E-state index in [1.807, 2.05) is 0 Å². The Labute approximate surface area is 96.5 Å². The zero-order valence-corrected chi connectivity index (χ0v) is 9.78. The molecule has 0 bridgehead atoms. The van der Waals surface area contributed by atoms with Gasteiger partial charge in [0.05, 0.1) is 26.2 Å². The van der Waals surface area contributed by atoms with E-state index in [0.717, 1.165) is 26.2 Å². The van der Waals surface area contributed by atoms with Gasteiger partial charge >= 0.3 is 0 Å². The molecule has 0 spiro atoms. The van der Waals surface area contributed by atoms with Gasteiger partial charge in [-0.2, -0.15) is 0 Å². The summed E-state index contributed by atoms with van der Waals surface area (Å²) in [6.45, 7) is 6.52. The molecule has 6 nitrogen and oxygen atoms in total. The van der Waals surface area contributed by atoms with E-state index in [1.165, 1.54) is 0 Å². The number of hydrogen-bond donors (Lipinski definition) is 2. The lowest BCUT2D eigenvalue weighted by atomic mass is 10.3. The minimum atomic E-state index is -0.178. The van der Waals surface area contributed by atoms with Crippen molar-refractivity contribution < 1.29 is 9.29 Å². The average molecular weight is 230 g/mol. The number of quaternary nitrogens is 2. The molecule has 0 atom stereocenters. The number of nitrogens with one attached hydrogen (secondary N) is 2. The third kappa shape index (κ3) is 3.13. The molecule has 2 saturated heterocycles. The van der Waals surface area contributed by atoms with E-state index in [2.05, 4.69) is 10.6 Å². The molecule has 94 valence electrons. The summed E-state index contributed by atoms with van der Waals surface area (Å²) in [6.07, 6.45) is 0. The normalized spacial score (nSPS) is 28.9. The van der Waals surface area contributed by atoms with Crippen LogP contribution in [0.3, 0.4) is 0 Å². The van der Waals surface area contributed by atoms with E-state index in [-0.39, 0.29) is 9.29 Å². The maximum atomic E-state index is 12.2. The first-order valence-electron chi connectivity index (χ1n) is 6.18. The Balaban J connectivity index is 1.80. The summed E-state index contributed by atoms with van der Waals surface area (Å²) in [5, 5.41) is 30.8. The summed E-state index contributed by atoms with van der Waals surface area (Å²) in [4.78, 5) is 0. The zero-order chi connectivity index (χ0) is 11.5. The van der Waals surface area contributed by atoms with E-state index in [1.54, 1.807) is 0 Å². The van der Waals surface area contributed by atoms with E-state index in [4.69, 9.17) is 0 Å². The highest BCUT2D eigenvalue weighted by molar-refractivity contribution is 4.61. The first-order valence-corrected chi connectivity index (χ1v) is 6.18. The van der Waals surface area contributed by atoms with Crippen molar-refractivity contribution in [2.24, 2.45) is 0 Å². The van der Waals surface area contributed by atoms with E-state index in [9.17, 15) is 10.4 Å². The SMILES string of the molecule is [O-][N+]1(CC[N+]2([O-])CCNCC2)CCNCC1. The summed E-state index contributed by atoms with van der Waals surface area (Å²) in [5.74, 6) is 0. The van der Waals surface area contributed by atoms with Gasteiger partial charge in [0.1, 0.15) is 13.1 Å². The minimum Gasteiger partial charge on any atom is -0.633 e. The van der Waals surface area contributed by atoms with Crippen molar-refractivity contribution in [3.8, 4) is 0 Å². The highest BCUT2D eigenvalue weighted by Crippen LogP contribution is 2.11. The van der Waals surface area contributed by atoms with Crippen molar-refractivity contribution in [1.82, 2.24) is 10.6 Å². The lowest BCUT2D eigenvalue weighted by Crippen LogP contribution is -2.61. The van der Waals surface area contributed by atoms with Gasteiger partial charge in [-0.25, -0.2) is 0 Å². The van der Waals surface area contributed by atoms with Crippen molar-refractivity contribution in [3.05, 3.63) is 10.4 Å². The van der Waals surface area contributed by atoms with Crippen molar-refractivity contribution in [1.29, 1.82) is 0 Å². The van der Waals surface area contributed by atoms with Crippen molar-refractivity contribution in [2.45, 2.75) is 0 Å². The van der Waals surface area contributed by atoms with Crippen LogP contribution >= 0.6 is 0 Å². The molecule has 0 aromatic carbocycles. The Morgan fingerprint density at radius 3 is 1.31 bits per heavy atom. The van der Waals surface area contributed by atoms with Crippen molar-refractivity contribution in [3.63, 3.8) is 0 Å². The van der Waals surface area contributed by atoms with Gasteiger partial charge in [-0.3, -0.25) is 0 Å². The quantitative estimate of drug-likeness (QED) is 0.473. The van der Waals surface area contributed by atoms with E-state index < -0.39 is 0 Å². The first-order chi connectivity index (χ1) is 7.62. The zero-order valence-electron chi connectivity index (χ0n) is 9.78. The van der Waals surface area contributed by atoms with Gasteiger partial charge < -0.3 is 30.3 Å². The van der Waals surface area contributed by atoms with Gasteiger partial charge in [-0.1, -0.05) is 0 Å². The molecule has 0 unspecified atom stereocenters. The van der Waals surface area contributed by atoms with Crippen LogP contribution in [0, 0.1) is 10.4 Å². The van der Waals surface area contributed by atoms with Crippen LogP contribution in [-0.4, -0.2) is 74.7 Å². The highest BCUT2D eigenvalue weighted by Gasteiger charge is 2.26. The molecule has 2 N–H and O–H groups in total. The second kappa shape index (κ2) is 4.95. The van der Waals surface area contributed by atoms with E-state index >= 15 is 0 Å². The number of hydroxylamine groups is 6. The molecule has 0 radical (unpaired) electrons. The lowest BCUT2D eigenvalue weighted by molar-refractivity contribution is -0.937. The fraction of sp³-hybridized carbons (Fsp3) is 1.00. The van der Waals surface area contributed by atoms with Crippen LogP contribution in [-0.2, 0) is 0 Å². The van der Waals surface area contributed by atoms with Gasteiger partial charge in [-0.15, -0.1) is 0 Å². The summed E-state index contributed by atoms with van der Waals surface area (Å²) < 4.78 is -0.356. The lowest BCUT2D eigenvalue weighted by Gasteiger charge is -2.50. The molecule has 0 saturated carbocycles. The van der Waals surface area contributed by atoms with Crippen LogP contribution in [0.15, 0.2) is 0 Å². The van der Waals surface area contributed by atoms with Crippen molar-refractivity contribution >= 4 is 0 Å². The predicted molar refractivity (Wildman–Crippen MR) is 62.2 cm³/mol. The van der Waals surface area contributed by atoms with Gasteiger partial charge in [0.25, 0.3) is 0 Å². The molecule has 0 aromatic heterocycles. The van der Waals surface area contributed by atoms with Crippen LogP contribution in [0.25, 0.3) is 0 Å². The Morgan fingerprint density at radius 1 is 0.688 bits per heavy atom. The number of hydrogen-bond acceptors (Lipinski definition) is 4. The van der Waals surface area contributed by atoms with Crippen LogP contribution in [0.1, 0.15) is 0 Å². The van der Waals surface area contributed by atoms with Crippen LogP contribution < -0.4 is 10.6 Å². The molecule has 2 aliphatic heterocycles. The molecule has 2 aliphatic rings. The molecule has 16 heavy (non-hydrogen) atoms. The molecule has 0 aliphatic carbocycles. The first kappa shape index (κ1) is 12.2. The predicted octanol–water partition coefficient (Wildman–Crippen LogP) is -1.18. The van der Waals surface area contributed by atoms with Gasteiger partial charge in [0, 0.05) is 26.2 Å². The molecule has 2 heterocycles. The molecular formula is C10H22N4O2. The summed E-state index contributed by atoms with van der Waals surface area (Å²) >= 11 is 0. The Bertz CT molecular complexity index is 201. The second-order valence-electron chi connectivity index (χ2n) is 4.96. The maximum absolute atomic E-state index is 12.2. The minimum absolute atomic E-state index is 0.178. The standard InChI is InChI=1S/C10H22N4O2/c15-13(5-1-11-2-6-13)9-10-14(16)7-3-12-4-8-14/h11-12H,1-10H2. The molecule has 2 fully saturated rings. The fourth-order valence-electron chi connectivity index (χ4n) is 2.42. The topological polar surface area (TPSA) is 70.2 Å². The monoisotopic (exact) mass is 230 g/mol. The van der Waals surface area contributed by atoms with Gasteiger partial charge in [-0.05, 0) is 0 Å². The Kier molecular flexibility index (Phi) is 3.78. The molecule has 2 rings (SSSR count). The summed E-state index contributed by atoms with van der Waals surface area (Å²) in [5.41, 5.74) is 0. The molecule has 0 aromatic rings.